The standard InChI is InChI=1S/C13H13N3O4S/c1-20-13-7-6-11(21(17,18)19)8-12(13)16-15-10-4-2-9(14)3-5-10/h2-8H,14H2,1H3,(H,17,18,19). The zero-order chi connectivity index (χ0) is 15.5. The number of methoxy groups -OCH3 is 1. The SMILES string of the molecule is COc1ccc(S(=O)(=O)O)cc1N=Nc1ccc(N)cc1. The van der Waals surface area contributed by atoms with E-state index >= 15 is 0 Å². The van der Waals surface area contributed by atoms with Crippen molar-refractivity contribution in [3.63, 3.8) is 0 Å². The maximum Gasteiger partial charge on any atom is 0.294 e. The highest BCUT2D eigenvalue weighted by Gasteiger charge is 2.13. The van der Waals surface area contributed by atoms with Crippen LogP contribution in [0.2, 0.25) is 0 Å². The van der Waals surface area contributed by atoms with Gasteiger partial charge in [0.05, 0.1) is 17.7 Å². The van der Waals surface area contributed by atoms with Crippen LogP contribution in [-0.2, 0) is 10.1 Å². The fraction of sp³-hybridized carbons (Fsp3) is 0.0769. The Morgan fingerprint density at radius 1 is 1.10 bits per heavy atom. The van der Waals surface area contributed by atoms with E-state index in [-0.39, 0.29) is 10.6 Å². The summed E-state index contributed by atoms with van der Waals surface area (Å²) in [5.74, 6) is 0.335. The number of nitrogens with two attached hydrogens (primary N) is 1. The highest BCUT2D eigenvalue weighted by atomic mass is 32.2. The zero-order valence-electron chi connectivity index (χ0n) is 11.1. The Balaban J connectivity index is 2.39. The number of ether oxygens (including phenoxy) is 1. The van der Waals surface area contributed by atoms with Crippen LogP contribution in [0.5, 0.6) is 5.75 Å². The molecule has 7 nitrogen and oxygen atoms in total. The summed E-state index contributed by atoms with van der Waals surface area (Å²) in [4.78, 5) is -0.283. The lowest BCUT2D eigenvalue weighted by Crippen LogP contribution is -1.97. The van der Waals surface area contributed by atoms with Gasteiger partial charge in [0, 0.05) is 5.69 Å². The molecule has 0 aromatic heterocycles. The summed E-state index contributed by atoms with van der Waals surface area (Å²) in [6.45, 7) is 0. The maximum absolute atomic E-state index is 11.1. The van der Waals surface area contributed by atoms with Crippen molar-refractivity contribution in [3.8, 4) is 5.75 Å². The number of nitrogen functional groups attached to an aromatic ring is 1. The number of benzene rings is 2. The summed E-state index contributed by atoms with van der Waals surface area (Å²) < 4.78 is 36.4. The molecule has 0 aliphatic carbocycles. The lowest BCUT2D eigenvalue weighted by Gasteiger charge is -2.05. The fourth-order valence-corrected chi connectivity index (χ4v) is 2.06. The molecule has 2 rings (SSSR count). The molecule has 8 heteroatoms. The summed E-state index contributed by atoms with van der Waals surface area (Å²) in [6.07, 6.45) is 0. The molecule has 0 radical (unpaired) electrons. The first kappa shape index (κ1) is 14.9. The van der Waals surface area contributed by atoms with Gasteiger partial charge in [-0.25, -0.2) is 0 Å². The summed E-state index contributed by atoms with van der Waals surface area (Å²) in [5.41, 5.74) is 6.89. The van der Waals surface area contributed by atoms with Gasteiger partial charge in [0.1, 0.15) is 11.4 Å². The molecular formula is C13H13N3O4S. The van der Waals surface area contributed by atoms with E-state index in [1.165, 1.54) is 25.3 Å². The molecule has 0 fully saturated rings. The van der Waals surface area contributed by atoms with E-state index in [2.05, 4.69) is 10.2 Å². The van der Waals surface area contributed by atoms with Crippen LogP contribution in [-0.4, -0.2) is 20.1 Å². The Hall–Kier alpha value is -2.45. The topological polar surface area (TPSA) is 114 Å². The molecule has 21 heavy (non-hydrogen) atoms. The van der Waals surface area contributed by atoms with Crippen LogP contribution >= 0.6 is 0 Å². The molecule has 0 heterocycles. The first-order valence-corrected chi connectivity index (χ1v) is 7.27. The molecule has 0 saturated carbocycles. The van der Waals surface area contributed by atoms with Crippen molar-refractivity contribution in [2.45, 2.75) is 4.90 Å². The highest BCUT2D eigenvalue weighted by molar-refractivity contribution is 7.85. The molecule has 0 aliphatic heterocycles. The monoisotopic (exact) mass is 307 g/mol. The van der Waals surface area contributed by atoms with E-state index in [9.17, 15) is 8.42 Å². The predicted molar refractivity (Wildman–Crippen MR) is 77.8 cm³/mol. The molecule has 3 N–H and O–H groups in total. The largest absolute Gasteiger partial charge is 0.494 e. The van der Waals surface area contributed by atoms with Gasteiger partial charge in [-0.1, -0.05) is 0 Å². The van der Waals surface area contributed by atoms with Crippen molar-refractivity contribution in [1.82, 2.24) is 0 Å². The molecule has 0 bridgehead atoms. The Morgan fingerprint density at radius 3 is 2.33 bits per heavy atom. The zero-order valence-corrected chi connectivity index (χ0v) is 11.9. The molecule has 0 aliphatic rings. The molecule has 2 aromatic rings. The van der Waals surface area contributed by atoms with Crippen LogP contribution < -0.4 is 10.5 Å². The van der Waals surface area contributed by atoms with Crippen LogP contribution in [0.4, 0.5) is 17.1 Å². The Bertz CT molecular complexity index is 771. The summed E-state index contributed by atoms with van der Waals surface area (Å²) >= 11 is 0. The van der Waals surface area contributed by atoms with Crippen molar-refractivity contribution in [2.24, 2.45) is 10.2 Å². The predicted octanol–water partition coefficient (Wildman–Crippen LogP) is 2.94. The van der Waals surface area contributed by atoms with E-state index in [4.69, 9.17) is 15.0 Å². The smallest absolute Gasteiger partial charge is 0.294 e. The second-order valence-electron chi connectivity index (χ2n) is 4.10. The lowest BCUT2D eigenvalue weighted by molar-refractivity contribution is 0.415. The number of azo groups is 1. The van der Waals surface area contributed by atoms with E-state index < -0.39 is 10.1 Å². The number of rotatable bonds is 4. The average molecular weight is 307 g/mol. The number of nitrogens with zero attached hydrogens (tertiary/aromatic N) is 2. The minimum Gasteiger partial charge on any atom is -0.494 e. The molecule has 0 atom stereocenters. The molecule has 0 unspecified atom stereocenters. The molecule has 0 saturated heterocycles. The van der Waals surface area contributed by atoms with Gasteiger partial charge in [0.25, 0.3) is 10.1 Å². The van der Waals surface area contributed by atoms with E-state index in [0.717, 1.165) is 0 Å². The van der Waals surface area contributed by atoms with Crippen LogP contribution in [0.15, 0.2) is 57.6 Å². The molecule has 0 amide bonds. The number of hydrogen-bond acceptors (Lipinski definition) is 6. The minimum absolute atomic E-state index is 0.185. The average Bonchev–Trinajstić information content (AvgIpc) is 2.45. The van der Waals surface area contributed by atoms with Crippen LogP contribution in [0.1, 0.15) is 0 Å². The van der Waals surface area contributed by atoms with Crippen molar-refractivity contribution < 1.29 is 17.7 Å². The Labute approximate surface area is 121 Å². The van der Waals surface area contributed by atoms with E-state index in [0.29, 0.717) is 17.1 Å². The third-order valence-corrected chi connectivity index (χ3v) is 3.46. The second-order valence-corrected chi connectivity index (χ2v) is 5.52. The normalized spacial score (nSPS) is 11.7. The van der Waals surface area contributed by atoms with Gasteiger partial charge in [0.2, 0.25) is 0 Å². The van der Waals surface area contributed by atoms with Crippen LogP contribution in [0, 0.1) is 0 Å². The van der Waals surface area contributed by atoms with Crippen molar-refractivity contribution in [2.75, 3.05) is 12.8 Å². The summed E-state index contributed by atoms with van der Waals surface area (Å²) in [5, 5.41) is 7.90. The maximum atomic E-state index is 11.1. The fourth-order valence-electron chi connectivity index (χ4n) is 1.56. The molecule has 0 spiro atoms. The van der Waals surface area contributed by atoms with Crippen molar-refractivity contribution in [3.05, 3.63) is 42.5 Å². The first-order chi connectivity index (χ1) is 9.90. The lowest BCUT2D eigenvalue weighted by atomic mass is 10.3. The highest BCUT2D eigenvalue weighted by Crippen LogP contribution is 2.31. The number of hydrogen-bond donors (Lipinski definition) is 2. The van der Waals surface area contributed by atoms with Gasteiger partial charge in [-0.05, 0) is 42.5 Å². The van der Waals surface area contributed by atoms with Gasteiger partial charge in [0.15, 0.2) is 0 Å². The Kier molecular flexibility index (Phi) is 4.20. The van der Waals surface area contributed by atoms with Gasteiger partial charge >= 0.3 is 0 Å². The summed E-state index contributed by atoms with van der Waals surface area (Å²) in [6, 6.07) is 10.4. The summed E-state index contributed by atoms with van der Waals surface area (Å²) in [7, 11) is -2.89. The van der Waals surface area contributed by atoms with Crippen LogP contribution in [0.25, 0.3) is 0 Å². The van der Waals surface area contributed by atoms with Crippen LogP contribution in [0.3, 0.4) is 0 Å². The van der Waals surface area contributed by atoms with E-state index in [1.807, 2.05) is 0 Å². The third-order valence-electron chi connectivity index (χ3n) is 2.61. The third kappa shape index (κ3) is 3.77. The van der Waals surface area contributed by atoms with Gasteiger partial charge < -0.3 is 10.5 Å². The number of anilines is 1. The van der Waals surface area contributed by atoms with Crippen molar-refractivity contribution >= 4 is 27.2 Å². The molecule has 110 valence electrons. The van der Waals surface area contributed by atoms with Crippen molar-refractivity contribution in [1.29, 1.82) is 0 Å². The minimum atomic E-state index is -4.31. The van der Waals surface area contributed by atoms with Gasteiger partial charge in [-0.15, -0.1) is 5.11 Å². The first-order valence-electron chi connectivity index (χ1n) is 5.83. The quantitative estimate of drug-likeness (QED) is 0.512. The second kappa shape index (κ2) is 5.90. The molecule has 2 aromatic carbocycles. The van der Waals surface area contributed by atoms with E-state index in [1.54, 1.807) is 24.3 Å². The van der Waals surface area contributed by atoms with Gasteiger partial charge in [-0.3, -0.25) is 4.55 Å². The molecular weight excluding hydrogens is 294 g/mol. The Morgan fingerprint density at radius 2 is 1.76 bits per heavy atom. The van der Waals surface area contributed by atoms with Gasteiger partial charge in [-0.2, -0.15) is 13.5 Å².